The number of nitro benzene ring substituents is 1. The van der Waals surface area contributed by atoms with Crippen LogP contribution in [0.1, 0.15) is 0 Å². The lowest BCUT2D eigenvalue weighted by atomic mass is 10.2. The smallest absolute Gasteiger partial charge is 0.312 e. The first-order valence-electron chi connectivity index (χ1n) is 11.2. The van der Waals surface area contributed by atoms with Crippen molar-refractivity contribution in [3.05, 3.63) is 27.3 Å². The molecule has 1 unspecified atom stereocenters. The minimum absolute atomic E-state index is 0.0698. The van der Waals surface area contributed by atoms with Crippen LogP contribution in [0.15, 0.2) is 12.1 Å². The van der Waals surface area contributed by atoms with E-state index in [0.717, 1.165) is 52.5 Å². The van der Waals surface area contributed by atoms with Gasteiger partial charge in [-0.05, 0) is 0 Å². The summed E-state index contributed by atoms with van der Waals surface area (Å²) in [7, 11) is 1.38. The maximum absolute atomic E-state index is 11.2. The van der Waals surface area contributed by atoms with Crippen LogP contribution in [0.4, 0.5) is 5.69 Å². The molecule has 2 N–H and O–H groups in total. The summed E-state index contributed by atoms with van der Waals surface area (Å²) in [5.41, 5.74) is 6.01. The number of hydrogen-bond acceptors (Lipinski definition) is 10. The molecule has 11 nitrogen and oxygen atoms in total. The number of ether oxygens (including phenoxy) is 4. The molecule has 0 saturated carbocycles. The fourth-order valence-electron chi connectivity index (χ4n) is 4.12. The van der Waals surface area contributed by atoms with Crippen LogP contribution in [-0.4, -0.2) is 118 Å². The van der Waals surface area contributed by atoms with E-state index >= 15 is 0 Å². The normalized spacial score (nSPS) is 18.9. The predicted molar refractivity (Wildman–Crippen MR) is 124 cm³/mol. The number of nitro groups is 1. The van der Waals surface area contributed by atoms with Gasteiger partial charge < -0.3 is 24.7 Å². The first kappa shape index (κ1) is 25.9. The molecular formula is C21H34ClN5O6. The highest BCUT2D eigenvalue weighted by Gasteiger charge is 2.27. The quantitative estimate of drug-likeness (QED) is 0.336. The minimum Gasteiger partial charge on any atom is -0.491 e. The van der Waals surface area contributed by atoms with Gasteiger partial charge in [0.15, 0.2) is 0 Å². The zero-order chi connectivity index (χ0) is 23.6. The van der Waals surface area contributed by atoms with Crippen molar-refractivity contribution in [2.24, 2.45) is 5.73 Å². The van der Waals surface area contributed by atoms with Crippen molar-refractivity contribution in [1.29, 1.82) is 0 Å². The number of halogens is 1. The molecular weight excluding hydrogens is 454 g/mol. The first-order chi connectivity index (χ1) is 16.0. The number of nitrogens with zero attached hydrogens (tertiary/aromatic N) is 4. The largest absolute Gasteiger partial charge is 0.491 e. The van der Waals surface area contributed by atoms with Gasteiger partial charge in [-0.2, -0.15) is 0 Å². The monoisotopic (exact) mass is 487 g/mol. The Kier molecular flexibility index (Phi) is 10.4. The molecule has 2 aliphatic heterocycles. The molecule has 2 aliphatic rings. The summed E-state index contributed by atoms with van der Waals surface area (Å²) in [5, 5.41) is 11.4. The summed E-state index contributed by atoms with van der Waals surface area (Å²) in [6.07, 6.45) is 0.0698. The molecule has 2 saturated heterocycles. The van der Waals surface area contributed by atoms with Crippen molar-refractivity contribution in [2.75, 3.05) is 92.5 Å². The van der Waals surface area contributed by atoms with Crippen LogP contribution < -0.4 is 15.2 Å². The van der Waals surface area contributed by atoms with Crippen LogP contribution in [0.3, 0.4) is 0 Å². The van der Waals surface area contributed by atoms with E-state index in [1.165, 1.54) is 19.2 Å². The van der Waals surface area contributed by atoms with Crippen molar-refractivity contribution in [1.82, 2.24) is 14.7 Å². The third kappa shape index (κ3) is 7.38. The molecule has 2 heterocycles. The lowest BCUT2D eigenvalue weighted by Crippen LogP contribution is -2.58. The number of nitrogens with two attached hydrogens (primary N) is 1. The van der Waals surface area contributed by atoms with Crippen LogP contribution in [0.25, 0.3) is 0 Å². The zero-order valence-corrected chi connectivity index (χ0v) is 19.9. The Morgan fingerprint density at radius 3 is 2.42 bits per heavy atom. The van der Waals surface area contributed by atoms with E-state index in [0.29, 0.717) is 38.7 Å². The lowest BCUT2D eigenvalue weighted by Gasteiger charge is -2.41. The predicted octanol–water partition coefficient (Wildman–Crippen LogP) is 0.887. The second-order valence-electron chi connectivity index (χ2n) is 7.91. The molecule has 0 spiro atoms. The molecule has 12 heteroatoms. The van der Waals surface area contributed by atoms with Crippen molar-refractivity contribution < 1.29 is 23.9 Å². The molecule has 1 aromatic rings. The maximum atomic E-state index is 11.2. The molecule has 0 bridgehead atoms. The second-order valence-corrected chi connectivity index (χ2v) is 8.32. The van der Waals surface area contributed by atoms with Crippen LogP contribution in [0, 0.1) is 10.1 Å². The fourth-order valence-corrected chi connectivity index (χ4v) is 4.34. The van der Waals surface area contributed by atoms with Crippen molar-refractivity contribution in [3.63, 3.8) is 0 Å². The van der Waals surface area contributed by atoms with Gasteiger partial charge in [0.05, 0.1) is 49.6 Å². The van der Waals surface area contributed by atoms with E-state index in [2.05, 4.69) is 14.7 Å². The Morgan fingerprint density at radius 2 is 1.82 bits per heavy atom. The second kappa shape index (κ2) is 13.2. The third-order valence-electron chi connectivity index (χ3n) is 5.97. The number of rotatable bonds is 12. The molecule has 1 atom stereocenters. The standard InChI is InChI=1S/C21H34ClN5O6/c1-30-20-15-19(17(22)14-18(20)27(28)29)33-13-8-25(3-2-24-4-9-31-10-5-24)21(16-23)26-6-11-32-12-7-26/h14-15,21H,2-13,16,23H2,1H3. The van der Waals surface area contributed by atoms with E-state index in [9.17, 15) is 10.1 Å². The Bertz CT molecular complexity index is 761. The molecule has 0 aliphatic carbocycles. The van der Waals surface area contributed by atoms with Gasteiger partial charge in [-0.3, -0.25) is 24.8 Å². The van der Waals surface area contributed by atoms with Crippen LogP contribution in [-0.2, 0) is 9.47 Å². The van der Waals surface area contributed by atoms with Crippen LogP contribution >= 0.6 is 11.6 Å². The van der Waals surface area contributed by atoms with Gasteiger partial charge in [0.2, 0.25) is 5.75 Å². The highest BCUT2D eigenvalue weighted by atomic mass is 35.5. The van der Waals surface area contributed by atoms with E-state index < -0.39 is 4.92 Å². The Hall–Kier alpha value is -1.73. The first-order valence-corrected chi connectivity index (χ1v) is 11.6. The van der Waals surface area contributed by atoms with E-state index in [1.807, 2.05) is 0 Å². The van der Waals surface area contributed by atoms with Crippen molar-refractivity contribution in [2.45, 2.75) is 6.17 Å². The zero-order valence-electron chi connectivity index (χ0n) is 19.1. The SMILES string of the molecule is COc1cc(OCCN(CCN2CCOCC2)C(CN)N2CCOCC2)c(Cl)cc1[N+](=O)[O-]. The molecule has 33 heavy (non-hydrogen) atoms. The number of morpholine rings is 2. The van der Waals surface area contributed by atoms with Gasteiger partial charge in [-0.25, -0.2) is 0 Å². The average molecular weight is 488 g/mol. The number of methoxy groups -OCH3 is 1. The van der Waals surface area contributed by atoms with Crippen molar-refractivity contribution >= 4 is 17.3 Å². The molecule has 3 rings (SSSR count). The molecule has 186 valence electrons. The topological polar surface area (TPSA) is 116 Å². The Balaban J connectivity index is 1.65. The number of benzene rings is 1. The Labute approximate surface area is 199 Å². The third-order valence-corrected chi connectivity index (χ3v) is 6.27. The highest BCUT2D eigenvalue weighted by molar-refractivity contribution is 6.32. The molecule has 2 fully saturated rings. The fraction of sp³-hybridized carbons (Fsp3) is 0.714. The average Bonchev–Trinajstić information content (AvgIpc) is 2.84. The van der Waals surface area contributed by atoms with Gasteiger partial charge in [-0.1, -0.05) is 11.6 Å². The van der Waals surface area contributed by atoms with E-state index in [4.69, 9.17) is 36.3 Å². The van der Waals surface area contributed by atoms with Crippen LogP contribution in [0.2, 0.25) is 5.02 Å². The summed E-state index contributed by atoms with van der Waals surface area (Å²) in [5.74, 6) is 0.458. The lowest BCUT2D eigenvalue weighted by molar-refractivity contribution is -0.385. The summed E-state index contributed by atoms with van der Waals surface area (Å²) in [4.78, 5) is 17.7. The van der Waals surface area contributed by atoms with Gasteiger partial charge in [0.1, 0.15) is 12.4 Å². The van der Waals surface area contributed by atoms with E-state index in [-0.39, 0.29) is 22.6 Å². The van der Waals surface area contributed by atoms with E-state index in [1.54, 1.807) is 0 Å². The maximum Gasteiger partial charge on any atom is 0.312 e. The number of hydrogen-bond donors (Lipinski definition) is 1. The summed E-state index contributed by atoms with van der Waals surface area (Å²) < 4.78 is 22.0. The van der Waals surface area contributed by atoms with Crippen LogP contribution in [0.5, 0.6) is 11.5 Å². The van der Waals surface area contributed by atoms with Gasteiger partial charge >= 0.3 is 5.69 Å². The molecule has 1 aromatic carbocycles. The van der Waals surface area contributed by atoms with Gasteiger partial charge in [-0.15, -0.1) is 0 Å². The minimum atomic E-state index is -0.532. The molecule has 0 amide bonds. The summed E-state index contributed by atoms with van der Waals surface area (Å²) >= 11 is 6.23. The summed E-state index contributed by atoms with van der Waals surface area (Å²) in [6.45, 7) is 9.64. The molecule has 0 aromatic heterocycles. The molecule has 0 radical (unpaired) electrons. The van der Waals surface area contributed by atoms with Crippen molar-refractivity contribution in [3.8, 4) is 11.5 Å². The van der Waals surface area contributed by atoms with Gasteiger partial charge in [0, 0.05) is 64.5 Å². The van der Waals surface area contributed by atoms with Gasteiger partial charge in [0.25, 0.3) is 0 Å². The Morgan fingerprint density at radius 1 is 1.15 bits per heavy atom. The summed E-state index contributed by atoms with van der Waals surface area (Å²) in [6, 6.07) is 2.71. The highest BCUT2D eigenvalue weighted by Crippen LogP contribution is 2.37.